The first-order valence-corrected chi connectivity index (χ1v) is 2.91. The van der Waals surface area contributed by atoms with Gasteiger partial charge in [0.2, 0.25) is 0 Å². The summed E-state index contributed by atoms with van der Waals surface area (Å²) in [6.45, 7) is 1.89. The number of nitrogen functional groups attached to an aromatic ring is 1. The van der Waals surface area contributed by atoms with Crippen LogP contribution < -0.4 is 5.73 Å². The van der Waals surface area contributed by atoms with Crippen LogP contribution in [-0.4, -0.2) is 15.4 Å². The quantitative estimate of drug-likeness (QED) is 0.610. The van der Waals surface area contributed by atoms with Gasteiger partial charge in [0, 0.05) is 0 Å². The minimum Gasteiger partial charge on any atom is -0.396 e. The Morgan fingerprint density at radius 3 is 3.00 bits per heavy atom. The van der Waals surface area contributed by atoms with E-state index in [9.17, 15) is 0 Å². The van der Waals surface area contributed by atoms with Crippen LogP contribution in [0.25, 0.3) is 6.08 Å². The Hall–Kier alpha value is -1.45. The molecule has 0 saturated carbocycles. The fraction of sp³-hybridized carbons (Fsp3) is 0.167. The van der Waals surface area contributed by atoms with Gasteiger partial charge in [-0.05, 0) is 18.2 Å². The SMILES string of the molecule is C/C=C/c1nnncc1N. The van der Waals surface area contributed by atoms with E-state index in [1.165, 1.54) is 6.20 Å². The Kier molecular flexibility index (Phi) is 1.94. The lowest BCUT2D eigenvalue weighted by Crippen LogP contribution is -1.96. The molecule has 0 aliphatic carbocycles. The number of rotatable bonds is 1. The monoisotopic (exact) mass is 136 g/mol. The molecule has 0 bridgehead atoms. The van der Waals surface area contributed by atoms with E-state index < -0.39 is 0 Å². The first-order chi connectivity index (χ1) is 4.84. The van der Waals surface area contributed by atoms with Gasteiger partial charge in [-0.15, -0.1) is 10.2 Å². The van der Waals surface area contributed by atoms with Gasteiger partial charge in [0.05, 0.1) is 11.9 Å². The summed E-state index contributed by atoms with van der Waals surface area (Å²) in [4.78, 5) is 0. The Balaban J connectivity index is 3.03. The maximum absolute atomic E-state index is 5.49. The van der Waals surface area contributed by atoms with Gasteiger partial charge in [0.1, 0.15) is 5.69 Å². The Bertz CT molecular complexity index is 243. The zero-order chi connectivity index (χ0) is 7.40. The maximum Gasteiger partial charge on any atom is 0.112 e. The molecule has 0 amide bonds. The molecular formula is C6H8N4. The summed E-state index contributed by atoms with van der Waals surface area (Å²) in [5, 5.41) is 10.6. The van der Waals surface area contributed by atoms with Crippen molar-refractivity contribution in [3.8, 4) is 0 Å². The van der Waals surface area contributed by atoms with E-state index in [2.05, 4.69) is 15.4 Å². The molecular weight excluding hydrogens is 128 g/mol. The van der Waals surface area contributed by atoms with Crippen LogP contribution >= 0.6 is 0 Å². The molecule has 0 aliphatic heterocycles. The van der Waals surface area contributed by atoms with Crippen molar-refractivity contribution in [1.82, 2.24) is 15.4 Å². The molecule has 2 N–H and O–H groups in total. The second-order valence-electron chi connectivity index (χ2n) is 1.77. The summed E-state index contributed by atoms with van der Waals surface area (Å²) in [6, 6.07) is 0. The van der Waals surface area contributed by atoms with Crippen molar-refractivity contribution < 1.29 is 0 Å². The molecule has 0 fully saturated rings. The van der Waals surface area contributed by atoms with Crippen LogP contribution in [0.1, 0.15) is 12.6 Å². The number of anilines is 1. The molecule has 10 heavy (non-hydrogen) atoms. The van der Waals surface area contributed by atoms with Crippen molar-refractivity contribution in [3.63, 3.8) is 0 Å². The van der Waals surface area contributed by atoms with Gasteiger partial charge in [-0.3, -0.25) is 0 Å². The van der Waals surface area contributed by atoms with E-state index in [0.29, 0.717) is 11.4 Å². The number of allylic oxidation sites excluding steroid dienone is 1. The molecule has 1 aromatic heterocycles. The second-order valence-corrected chi connectivity index (χ2v) is 1.77. The highest BCUT2D eigenvalue weighted by Crippen LogP contribution is 2.04. The molecule has 4 nitrogen and oxygen atoms in total. The highest BCUT2D eigenvalue weighted by Gasteiger charge is 1.93. The molecule has 0 unspecified atom stereocenters. The standard InChI is InChI=1S/C6H8N4/c1-2-3-6-5(7)4-8-10-9-6/h2-4H,1H3,(H2,7,10)/b3-2+. The van der Waals surface area contributed by atoms with Crippen molar-refractivity contribution in [3.05, 3.63) is 18.0 Å². The molecule has 0 aliphatic rings. The number of nitrogens with zero attached hydrogens (tertiary/aromatic N) is 3. The lowest BCUT2D eigenvalue weighted by molar-refractivity contribution is 0.861. The van der Waals surface area contributed by atoms with E-state index in [0.717, 1.165) is 0 Å². The van der Waals surface area contributed by atoms with Gasteiger partial charge in [0.25, 0.3) is 0 Å². The third-order valence-corrected chi connectivity index (χ3v) is 1.02. The molecule has 0 aromatic carbocycles. The van der Waals surface area contributed by atoms with Crippen LogP contribution in [-0.2, 0) is 0 Å². The summed E-state index contributed by atoms with van der Waals surface area (Å²) < 4.78 is 0. The lowest BCUT2D eigenvalue weighted by Gasteiger charge is -1.92. The number of nitrogens with two attached hydrogens (primary N) is 1. The Labute approximate surface area is 58.8 Å². The summed E-state index contributed by atoms with van der Waals surface area (Å²) in [5.41, 5.74) is 6.70. The van der Waals surface area contributed by atoms with Crippen LogP contribution in [0.2, 0.25) is 0 Å². The average Bonchev–Trinajstić information content (AvgIpc) is 1.94. The third kappa shape index (κ3) is 1.28. The zero-order valence-electron chi connectivity index (χ0n) is 5.65. The van der Waals surface area contributed by atoms with Gasteiger partial charge in [0.15, 0.2) is 0 Å². The highest BCUT2D eigenvalue weighted by atomic mass is 15.3. The first-order valence-electron chi connectivity index (χ1n) is 2.91. The van der Waals surface area contributed by atoms with Gasteiger partial charge in [-0.2, -0.15) is 0 Å². The van der Waals surface area contributed by atoms with Crippen LogP contribution in [0.15, 0.2) is 12.3 Å². The second kappa shape index (κ2) is 2.91. The third-order valence-electron chi connectivity index (χ3n) is 1.02. The molecule has 0 saturated heterocycles. The maximum atomic E-state index is 5.49. The van der Waals surface area contributed by atoms with E-state index in [1.54, 1.807) is 6.08 Å². The minimum atomic E-state index is 0.549. The van der Waals surface area contributed by atoms with E-state index >= 15 is 0 Å². The fourth-order valence-electron chi connectivity index (χ4n) is 0.573. The average molecular weight is 136 g/mol. The highest BCUT2D eigenvalue weighted by molar-refractivity contribution is 5.58. The first kappa shape index (κ1) is 6.67. The van der Waals surface area contributed by atoms with Gasteiger partial charge >= 0.3 is 0 Å². The van der Waals surface area contributed by atoms with E-state index in [4.69, 9.17) is 5.73 Å². The number of aromatic nitrogens is 3. The van der Waals surface area contributed by atoms with Crippen LogP contribution in [0, 0.1) is 0 Å². The summed E-state index contributed by atoms with van der Waals surface area (Å²) >= 11 is 0. The molecule has 1 rings (SSSR count). The molecule has 0 spiro atoms. The van der Waals surface area contributed by atoms with Gasteiger partial charge in [-0.1, -0.05) is 6.08 Å². The van der Waals surface area contributed by atoms with Gasteiger partial charge in [-0.25, -0.2) is 0 Å². The summed E-state index contributed by atoms with van der Waals surface area (Å²) in [7, 11) is 0. The van der Waals surface area contributed by atoms with E-state index in [-0.39, 0.29) is 0 Å². The Morgan fingerprint density at radius 2 is 2.40 bits per heavy atom. The molecule has 1 heterocycles. The number of hydrogen-bond acceptors (Lipinski definition) is 4. The zero-order valence-corrected chi connectivity index (χ0v) is 5.65. The van der Waals surface area contributed by atoms with Gasteiger partial charge < -0.3 is 5.73 Å². The van der Waals surface area contributed by atoms with Crippen LogP contribution in [0.5, 0.6) is 0 Å². The number of hydrogen-bond donors (Lipinski definition) is 1. The fourth-order valence-corrected chi connectivity index (χ4v) is 0.573. The smallest absolute Gasteiger partial charge is 0.112 e. The summed E-state index contributed by atoms with van der Waals surface area (Å²) in [6.07, 6.45) is 5.10. The topological polar surface area (TPSA) is 64.7 Å². The van der Waals surface area contributed by atoms with Crippen LogP contribution in [0.3, 0.4) is 0 Å². The molecule has 0 atom stereocenters. The van der Waals surface area contributed by atoms with Crippen molar-refractivity contribution in [2.24, 2.45) is 0 Å². The predicted octanol–water partition coefficient (Wildman–Crippen LogP) is 0.487. The van der Waals surface area contributed by atoms with Crippen molar-refractivity contribution in [2.75, 3.05) is 5.73 Å². The molecule has 0 radical (unpaired) electrons. The lowest BCUT2D eigenvalue weighted by atomic mass is 10.3. The molecule has 1 aromatic rings. The van der Waals surface area contributed by atoms with Crippen molar-refractivity contribution in [2.45, 2.75) is 6.92 Å². The van der Waals surface area contributed by atoms with Crippen LogP contribution in [0.4, 0.5) is 5.69 Å². The molecule has 52 valence electrons. The summed E-state index contributed by atoms with van der Waals surface area (Å²) in [5.74, 6) is 0. The Morgan fingerprint density at radius 1 is 1.60 bits per heavy atom. The normalized spacial score (nSPS) is 10.5. The predicted molar refractivity (Wildman–Crippen MR) is 38.9 cm³/mol. The minimum absolute atomic E-state index is 0.549. The van der Waals surface area contributed by atoms with Crippen molar-refractivity contribution in [1.29, 1.82) is 0 Å². The van der Waals surface area contributed by atoms with Crippen molar-refractivity contribution >= 4 is 11.8 Å². The molecule has 4 heteroatoms. The van der Waals surface area contributed by atoms with E-state index in [1.807, 2.05) is 13.0 Å². The largest absolute Gasteiger partial charge is 0.396 e.